The van der Waals surface area contributed by atoms with Gasteiger partial charge in [0.15, 0.2) is 0 Å². The van der Waals surface area contributed by atoms with Crippen molar-refractivity contribution in [3.8, 4) is 11.5 Å². The second kappa shape index (κ2) is 8.61. The Bertz CT molecular complexity index is 578. The van der Waals surface area contributed by atoms with Crippen molar-refractivity contribution in [2.24, 2.45) is 5.92 Å². The molecular weight excluding hydrogens is 284 g/mol. The molecule has 2 heteroatoms. The van der Waals surface area contributed by atoms with Crippen LogP contribution in [-0.2, 0) is 11.8 Å². The highest BCUT2D eigenvalue weighted by molar-refractivity contribution is 5.31. The second-order valence-corrected chi connectivity index (χ2v) is 7.36. The molecule has 2 rings (SSSR count). The molecule has 0 fully saturated rings. The fourth-order valence-corrected chi connectivity index (χ4v) is 2.13. The van der Waals surface area contributed by atoms with Gasteiger partial charge in [0.2, 0.25) is 0 Å². The molecule has 0 amide bonds. The molecule has 2 aromatic rings. The van der Waals surface area contributed by atoms with Gasteiger partial charge in [-0.05, 0) is 53.5 Å². The summed E-state index contributed by atoms with van der Waals surface area (Å²) >= 11 is 0. The smallest absolute Gasteiger partial charge is 0.118 e. The lowest BCUT2D eigenvalue weighted by atomic mass is 9.87. The standard InChI is InChI=1S/C11H16O.C10H14O/c1-9(2)7-8-10-5-3-4-6-11(10)12;1-10(2,3)8-4-6-9(11)7-5-8/h3-6,9,12H,7-8H2,1-2H3;4-7,11H,1-3H3. The number of para-hydroxylation sites is 1. The predicted octanol–water partition coefficient (Wildman–Crippen LogP) is 5.67. The van der Waals surface area contributed by atoms with Crippen molar-refractivity contribution in [3.05, 3.63) is 59.7 Å². The number of rotatable bonds is 3. The monoisotopic (exact) mass is 314 g/mol. The average Bonchev–Trinajstić information content (AvgIpc) is 2.46. The summed E-state index contributed by atoms with van der Waals surface area (Å²) in [6.45, 7) is 10.8. The number of phenols is 2. The lowest BCUT2D eigenvalue weighted by Crippen LogP contribution is -2.10. The summed E-state index contributed by atoms with van der Waals surface area (Å²) in [5, 5.41) is 18.4. The van der Waals surface area contributed by atoms with E-state index < -0.39 is 0 Å². The first-order valence-electron chi connectivity index (χ1n) is 8.26. The van der Waals surface area contributed by atoms with Gasteiger partial charge in [-0.1, -0.05) is 65.0 Å². The molecule has 2 nitrogen and oxygen atoms in total. The van der Waals surface area contributed by atoms with Gasteiger partial charge in [0.05, 0.1) is 0 Å². The molecule has 0 spiro atoms. The van der Waals surface area contributed by atoms with Crippen molar-refractivity contribution >= 4 is 0 Å². The minimum atomic E-state index is 0.174. The molecule has 0 heterocycles. The summed E-state index contributed by atoms with van der Waals surface area (Å²) < 4.78 is 0. The third-order valence-electron chi connectivity index (χ3n) is 3.72. The molecule has 2 N–H and O–H groups in total. The van der Waals surface area contributed by atoms with Crippen LogP contribution in [0.2, 0.25) is 0 Å². The third kappa shape index (κ3) is 7.23. The molecule has 0 aliphatic rings. The Balaban J connectivity index is 0.000000231. The molecule has 0 saturated heterocycles. The van der Waals surface area contributed by atoms with Crippen molar-refractivity contribution < 1.29 is 10.2 Å². The lowest BCUT2D eigenvalue weighted by molar-refractivity contribution is 0.463. The van der Waals surface area contributed by atoms with Crippen LogP contribution in [0.15, 0.2) is 48.5 Å². The zero-order valence-electron chi connectivity index (χ0n) is 15.0. The van der Waals surface area contributed by atoms with Gasteiger partial charge in [0, 0.05) is 0 Å². The van der Waals surface area contributed by atoms with Gasteiger partial charge in [-0.15, -0.1) is 0 Å². The van der Waals surface area contributed by atoms with E-state index in [-0.39, 0.29) is 5.41 Å². The Morgan fingerprint density at radius 3 is 1.91 bits per heavy atom. The minimum Gasteiger partial charge on any atom is -0.508 e. The van der Waals surface area contributed by atoms with Crippen molar-refractivity contribution in [2.75, 3.05) is 0 Å². The SMILES string of the molecule is CC(C)(C)c1ccc(O)cc1.CC(C)CCc1ccccc1O. The Morgan fingerprint density at radius 2 is 1.43 bits per heavy atom. The molecule has 0 unspecified atom stereocenters. The molecule has 2 aromatic carbocycles. The van der Waals surface area contributed by atoms with Crippen LogP contribution in [0.4, 0.5) is 0 Å². The maximum atomic E-state index is 9.42. The van der Waals surface area contributed by atoms with Crippen LogP contribution in [0, 0.1) is 5.92 Å². The van der Waals surface area contributed by atoms with Crippen LogP contribution in [0.1, 0.15) is 52.2 Å². The maximum absolute atomic E-state index is 9.42. The fourth-order valence-electron chi connectivity index (χ4n) is 2.13. The highest BCUT2D eigenvalue weighted by Gasteiger charge is 2.12. The summed E-state index contributed by atoms with van der Waals surface area (Å²) in [5.74, 6) is 1.46. The molecule has 23 heavy (non-hydrogen) atoms. The summed E-state index contributed by atoms with van der Waals surface area (Å²) in [5.41, 5.74) is 2.48. The quantitative estimate of drug-likeness (QED) is 0.766. The topological polar surface area (TPSA) is 40.5 Å². The van der Waals surface area contributed by atoms with Crippen LogP contribution in [0.25, 0.3) is 0 Å². The van der Waals surface area contributed by atoms with Crippen molar-refractivity contribution in [3.63, 3.8) is 0 Å². The van der Waals surface area contributed by atoms with Crippen molar-refractivity contribution in [1.82, 2.24) is 0 Å². The summed E-state index contributed by atoms with van der Waals surface area (Å²) in [7, 11) is 0. The lowest BCUT2D eigenvalue weighted by Gasteiger charge is -2.18. The van der Waals surface area contributed by atoms with E-state index in [0.717, 1.165) is 18.4 Å². The minimum absolute atomic E-state index is 0.174. The van der Waals surface area contributed by atoms with Gasteiger partial charge in [-0.3, -0.25) is 0 Å². The molecule has 0 aliphatic heterocycles. The van der Waals surface area contributed by atoms with Crippen LogP contribution in [0.3, 0.4) is 0 Å². The zero-order chi connectivity index (χ0) is 17.5. The Kier molecular flexibility index (Phi) is 7.15. The second-order valence-electron chi connectivity index (χ2n) is 7.36. The molecule has 0 aliphatic carbocycles. The van der Waals surface area contributed by atoms with E-state index in [9.17, 15) is 5.11 Å². The van der Waals surface area contributed by atoms with Gasteiger partial charge in [-0.2, -0.15) is 0 Å². The van der Waals surface area contributed by atoms with E-state index in [1.54, 1.807) is 18.2 Å². The molecular formula is C21H30O2. The molecule has 0 aromatic heterocycles. The number of benzene rings is 2. The van der Waals surface area contributed by atoms with Gasteiger partial charge in [-0.25, -0.2) is 0 Å². The van der Waals surface area contributed by atoms with Gasteiger partial charge < -0.3 is 10.2 Å². The highest BCUT2D eigenvalue weighted by Crippen LogP contribution is 2.23. The largest absolute Gasteiger partial charge is 0.508 e. The summed E-state index contributed by atoms with van der Waals surface area (Å²) in [6, 6.07) is 14.9. The Labute approximate surface area is 140 Å². The van der Waals surface area contributed by atoms with Crippen LogP contribution in [-0.4, -0.2) is 10.2 Å². The van der Waals surface area contributed by atoms with E-state index in [1.807, 2.05) is 30.3 Å². The van der Waals surface area contributed by atoms with Gasteiger partial charge >= 0.3 is 0 Å². The van der Waals surface area contributed by atoms with Gasteiger partial charge in [0.25, 0.3) is 0 Å². The van der Waals surface area contributed by atoms with E-state index in [2.05, 4.69) is 34.6 Å². The average molecular weight is 314 g/mol. The molecule has 0 atom stereocenters. The normalized spacial score (nSPS) is 11.0. The molecule has 0 bridgehead atoms. The number of aromatic hydroxyl groups is 2. The van der Waals surface area contributed by atoms with E-state index in [0.29, 0.717) is 17.4 Å². The van der Waals surface area contributed by atoms with Crippen LogP contribution < -0.4 is 0 Å². The number of aryl methyl sites for hydroxylation is 1. The molecule has 0 saturated carbocycles. The third-order valence-corrected chi connectivity index (χ3v) is 3.72. The zero-order valence-corrected chi connectivity index (χ0v) is 15.0. The fraction of sp³-hybridized carbons (Fsp3) is 0.429. The summed E-state index contributed by atoms with van der Waals surface area (Å²) in [4.78, 5) is 0. The predicted molar refractivity (Wildman–Crippen MR) is 98.1 cm³/mol. The van der Waals surface area contributed by atoms with E-state index in [4.69, 9.17) is 5.11 Å². The maximum Gasteiger partial charge on any atom is 0.118 e. The van der Waals surface area contributed by atoms with E-state index >= 15 is 0 Å². The number of hydrogen-bond acceptors (Lipinski definition) is 2. The number of hydrogen-bond donors (Lipinski definition) is 2. The molecule has 126 valence electrons. The van der Waals surface area contributed by atoms with Gasteiger partial charge in [0.1, 0.15) is 11.5 Å². The van der Waals surface area contributed by atoms with E-state index in [1.165, 1.54) is 5.56 Å². The van der Waals surface area contributed by atoms with Crippen LogP contribution in [0.5, 0.6) is 11.5 Å². The first-order valence-corrected chi connectivity index (χ1v) is 8.26. The molecule has 0 radical (unpaired) electrons. The summed E-state index contributed by atoms with van der Waals surface area (Å²) in [6.07, 6.45) is 2.11. The highest BCUT2D eigenvalue weighted by atomic mass is 16.3. The van der Waals surface area contributed by atoms with Crippen LogP contribution >= 0.6 is 0 Å². The Hall–Kier alpha value is -1.96. The van der Waals surface area contributed by atoms with Crippen molar-refractivity contribution in [1.29, 1.82) is 0 Å². The first-order chi connectivity index (χ1) is 10.7. The number of phenolic OH excluding ortho intramolecular Hbond substituents is 2. The first kappa shape index (κ1) is 19.1. The Morgan fingerprint density at radius 1 is 0.870 bits per heavy atom. The van der Waals surface area contributed by atoms with Crippen molar-refractivity contribution in [2.45, 2.75) is 52.9 Å².